The number of hydrogen-bond acceptors (Lipinski definition) is 0. The van der Waals surface area contributed by atoms with Crippen LogP contribution in [0.1, 0.15) is 37.5 Å². The Morgan fingerprint density at radius 3 is 2.33 bits per heavy atom. The number of hydrogen-bond donors (Lipinski definition) is 0. The average Bonchev–Trinajstić information content (AvgIpc) is 2.89. The third kappa shape index (κ3) is 2.89. The Labute approximate surface area is 175 Å². The van der Waals surface area contributed by atoms with Crippen LogP contribution in [-0.2, 0) is 5.41 Å². The molecule has 1 heteroatoms. The highest BCUT2D eigenvalue weighted by Crippen LogP contribution is 2.50. The van der Waals surface area contributed by atoms with Gasteiger partial charge >= 0.3 is 0 Å². The molecule has 134 valence electrons. The van der Waals surface area contributed by atoms with Gasteiger partial charge in [-0.1, -0.05) is 87.2 Å². The predicted molar refractivity (Wildman–Crippen MR) is 127 cm³/mol. The van der Waals surface area contributed by atoms with E-state index in [0.29, 0.717) is 0 Å². The summed E-state index contributed by atoms with van der Waals surface area (Å²) in [5.74, 6) is 0. The van der Waals surface area contributed by atoms with E-state index >= 15 is 0 Å². The summed E-state index contributed by atoms with van der Waals surface area (Å²) in [5, 5.41) is 2.55. The van der Waals surface area contributed by atoms with E-state index < -0.39 is 0 Å². The minimum atomic E-state index is -0.0274. The van der Waals surface area contributed by atoms with Gasteiger partial charge in [-0.3, -0.25) is 0 Å². The summed E-state index contributed by atoms with van der Waals surface area (Å²) in [6.07, 6.45) is 4.53. The van der Waals surface area contributed by atoms with Crippen LogP contribution in [0.5, 0.6) is 0 Å². The summed E-state index contributed by atoms with van der Waals surface area (Å²) in [5.41, 5.74) is 7.66. The number of allylic oxidation sites excluding steroid dienone is 5. The normalized spacial score (nSPS) is 18.2. The van der Waals surface area contributed by atoms with E-state index in [0.717, 1.165) is 5.57 Å². The summed E-state index contributed by atoms with van der Waals surface area (Å²) >= 11 is 2.41. The second kappa shape index (κ2) is 6.79. The molecule has 4 rings (SSSR count). The van der Waals surface area contributed by atoms with Crippen LogP contribution >= 0.6 is 22.6 Å². The first-order valence-corrected chi connectivity index (χ1v) is 10.4. The molecule has 3 aromatic rings. The summed E-state index contributed by atoms with van der Waals surface area (Å²) in [6, 6.07) is 21.7. The number of benzene rings is 3. The molecular formula is C26H23I. The average molecular weight is 462 g/mol. The number of fused-ring (bicyclic) bond motifs is 2. The fourth-order valence-corrected chi connectivity index (χ4v) is 4.90. The third-order valence-electron chi connectivity index (χ3n) is 5.68. The van der Waals surface area contributed by atoms with Crippen LogP contribution in [-0.4, -0.2) is 0 Å². The molecule has 0 radical (unpaired) electrons. The molecule has 0 heterocycles. The summed E-state index contributed by atoms with van der Waals surface area (Å²) < 4.78 is 1.27. The van der Waals surface area contributed by atoms with Gasteiger partial charge in [0.1, 0.15) is 0 Å². The van der Waals surface area contributed by atoms with Crippen molar-refractivity contribution in [3.63, 3.8) is 0 Å². The Morgan fingerprint density at radius 1 is 0.926 bits per heavy atom. The van der Waals surface area contributed by atoms with Gasteiger partial charge < -0.3 is 0 Å². The fraction of sp³-hybridized carbons (Fsp3) is 0.154. The molecule has 1 aliphatic carbocycles. The summed E-state index contributed by atoms with van der Waals surface area (Å²) in [6.45, 7) is 11.2. The Hall–Kier alpha value is -2.13. The Balaban J connectivity index is 1.88. The van der Waals surface area contributed by atoms with Gasteiger partial charge in [-0.25, -0.2) is 0 Å². The lowest BCUT2D eigenvalue weighted by Crippen LogP contribution is -2.15. The molecule has 0 atom stereocenters. The van der Waals surface area contributed by atoms with Crippen LogP contribution in [0.25, 0.3) is 21.9 Å². The molecule has 0 fully saturated rings. The van der Waals surface area contributed by atoms with Gasteiger partial charge in [-0.15, -0.1) is 0 Å². The number of rotatable bonds is 2. The molecule has 0 saturated carbocycles. The van der Waals surface area contributed by atoms with E-state index in [1.165, 1.54) is 42.2 Å². The van der Waals surface area contributed by atoms with Crippen LogP contribution in [0.3, 0.4) is 0 Å². The molecule has 0 aliphatic heterocycles. The maximum absolute atomic E-state index is 4.46. The molecule has 1 aliphatic rings. The van der Waals surface area contributed by atoms with E-state index in [1.54, 1.807) is 0 Å². The topological polar surface area (TPSA) is 0 Å². The van der Waals surface area contributed by atoms with Crippen molar-refractivity contribution in [1.82, 2.24) is 0 Å². The van der Waals surface area contributed by atoms with Crippen molar-refractivity contribution in [3.8, 4) is 0 Å². The molecule has 3 aromatic carbocycles. The first kappa shape index (κ1) is 18.2. The summed E-state index contributed by atoms with van der Waals surface area (Å²) in [4.78, 5) is 0. The molecule has 0 aromatic heterocycles. The van der Waals surface area contributed by atoms with Crippen LogP contribution in [0.4, 0.5) is 0 Å². The van der Waals surface area contributed by atoms with E-state index in [9.17, 15) is 0 Å². The monoisotopic (exact) mass is 462 g/mol. The van der Waals surface area contributed by atoms with E-state index in [-0.39, 0.29) is 5.41 Å². The summed E-state index contributed by atoms with van der Waals surface area (Å²) in [7, 11) is 0. The standard InChI is InChI=1S/C26H23I/c1-5-18-21-11-8-9-13-23(21)26(3,4)24(18)16-17(2)19-14-15-25(27)22-12-7-6-10-20(19)22/h5-16H,2H2,1,3-4H3/b18-5-,24-16+. The van der Waals surface area contributed by atoms with Crippen molar-refractivity contribution in [3.05, 3.63) is 105 Å². The van der Waals surface area contributed by atoms with Crippen LogP contribution < -0.4 is 0 Å². The molecule has 0 N–H and O–H groups in total. The smallest absolute Gasteiger partial charge is 0.0209 e. The fourth-order valence-electron chi connectivity index (χ4n) is 4.25. The molecule has 0 saturated heterocycles. The van der Waals surface area contributed by atoms with E-state index in [4.69, 9.17) is 0 Å². The highest BCUT2D eigenvalue weighted by Gasteiger charge is 2.37. The molecular weight excluding hydrogens is 439 g/mol. The van der Waals surface area contributed by atoms with Crippen molar-refractivity contribution in [2.75, 3.05) is 0 Å². The zero-order valence-corrected chi connectivity index (χ0v) is 18.2. The first-order chi connectivity index (χ1) is 12.9. The molecule has 0 amide bonds. The molecule has 0 bridgehead atoms. The van der Waals surface area contributed by atoms with Crippen LogP contribution in [0.15, 0.2) is 85.0 Å². The second-order valence-electron chi connectivity index (χ2n) is 7.60. The molecule has 27 heavy (non-hydrogen) atoms. The van der Waals surface area contributed by atoms with Gasteiger partial charge in [-0.05, 0) is 79.8 Å². The Morgan fingerprint density at radius 2 is 1.59 bits per heavy atom. The molecule has 0 unspecified atom stereocenters. The van der Waals surface area contributed by atoms with Gasteiger partial charge in [0.2, 0.25) is 0 Å². The van der Waals surface area contributed by atoms with Crippen molar-refractivity contribution >= 4 is 44.5 Å². The maximum Gasteiger partial charge on any atom is 0.0209 e. The zero-order valence-electron chi connectivity index (χ0n) is 16.0. The third-order valence-corrected chi connectivity index (χ3v) is 6.62. The molecule has 0 nitrogen and oxygen atoms in total. The Kier molecular flexibility index (Phi) is 4.59. The number of halogens is 1. The SMILES string of the molecule is C=C(/C=C1\C(=C/C)c2ccccc2C1(C)C)c1ccc(I)c2ccccc12. The van der Waals surface area contributed by atoms with Gasteiger partial charge in [0.15, 0.2) is 0 Å². The van der Waals surface area contributed by atoms with Crippen LogP contribution in [0.2, 0.25) is 0 Å². The van der Waals surface area contributed by atoms with Gasteiger partial charge in [-0.2, -0.15) is 0 Å². The predicted octanol–water partition coefficient (Wildman–Crippen LogP) is 7.78. The van der Waals surface area contributed by atoms with Crippen molar-refractivity contribution < 1.29 is 0 Å². The largest absolute Gasteiger partial charge is 0.0911 e. The highest BCUT2D eigenvalue weighted by molar-refractivity contribution is 14.1. The first-order valence-electron chi connectivity index (χ1n) is 9.30. The lowest BCUT2D eigenvalue weighted by atomic mass is 9.81. The minimum absolute atomic E-state index is 0.0274. The second-order valence-corrected chi connectivity index (χ2v) is 8.76. The highest BCUT2D eigenvalue weighted by atomic mass is 127. The van der Waals surface area contributed by atoms with E-state index in [1.807, 2.05) is 0 Å². The zero-order chi connectivity index (χ0) is 19.2. The quantitative estimate of drug-likeness (QED) is 0.341. The van der Waals surface area contributed by atoms with E-state index in [2.05, 4.69) is 123 Å². The van der Waals surface area contributed by atoms with Gasteiger partial charge in [0, 0.05) is 8.99 Å². The maximum atomic E-state index is 4.46. The molecule has 0 spiro atoms. The van der Waals surface area contributed by atoms with Gasteiger partial charge in [0.05, 0.1) is 0 Å². The lowest BCUT2D eigenvalue weighted by Gasteiger charge is -2.22. The minimum Gasteiger partial charge on any atom is -0.0911 e. The Bertz CT molecular complexity index is 1130. The van der Waals surface area contributed by atoms with Crippen molar-refractivity contribution in [2.24, 2.45) is 0 Å². The van der Waals surface area contributed by atoms with Gasteiger partial charge in [0.25, 0.3) is 0 Å². The van der Waals surface area contributed by atoms with Crippen molar-refractivity contribution in [2.45, 2.75) is 26.2 Å². The van der Waals surface area contributed by atoms with Crippen molar-refractivity contribution in [1.29, 1.82) is 0 Å². The van der Waals surface area contributed by atoms with Crippen LogP contribution in [0, 0.1) is 3.57 Å². The lowest BCUT2D eigenvalue weighted by molar-refractivity contribution is 0.661.